The molecule has 1 aliphatic heterocycles. The number of carbonyl (C=O) groups is 1. The Morgan fingerprint density at radius 3 is 2.74 bits per heavy atom. The Hall–Kier alpha value is -1.45. The molecule has 154 valence electrons. The Morgan fingerprint density at radius 1 is 1.37 bits per heavy atom. The molecule has 2 rings (SSSR count). The fourth-order valence-corrected chi connectivity index (χ4v) is 5.02. The zero-order valence-corrected chi connectivity index (χ0v) is 17.5. The molecule has 1 aromatic rings. The van der Waals surface area contributed by atoms with E-state index in [1.165, 1.54) is 7.11 Å². The second-order valence-electron chi connectivity index (χ2n) is 7.33. The summed E-state index contributed by atoms with van der Waals surface area (Å²) < 4.78 is 37.3. The third-order valence-electron chi connectivity index (χ3n) is 4.86. The lowest BCUT2D eigenvalue weighted by atomic mass is 10.2. The number of hydrogen-bond acceptors (Lipinski definition) is 7. The van der Waals surface area contributed by atoms with Gasteiger partial charge >= 0.3 is 5.97 Å². The van der Waals surface area contributed by atoms with Crippen LogP contribution in [0.3, 0.4) is 0 Å². The van der Waals surface area contributed by atoms with Crippen LogP contribution < -0.4 is 0 Å². The van der Waals surface area contributed by atoms with Crippen molar-refractivity contribution < 1.29 is 22.7 Å². The summed E-state index contributed by atoms with van der Waals surface area (Å²) in [6, 6.07) is -0.290. The molecule has 0 bridgehead atoms. The van der Waals surface area contributed by atoms with Crippen LogP contribution in [0.5, 0.6) is 0 Å². The first-order chi connectivity index (χ1) is 12.8. The van der Waals surface area contributed by atoms with Gasteiger partial charge in [0.2, 0.25) is 15.0 Å². The van der Waals surface area contributed by atoms with Crippen molar-refractivity contribution in [2.45, 2.75) is 57.4 Å². The maximum atomic E-state index is 12.8. The maximum Gasteiger partial charge on any atom is 0.323 e. The van der Waals surface area contributed by atoms with Gasteiger partial charge in [-0.3, -0.25) is 9.69 Å². The number of rotatable bonds is 10. The maximum absolute atomic E-state index is 12.8. The van der Waals surface area contributed by atoms with Crippen LogP contribution in [0.1, 0.15) is 38.8 Å². The molecular weight excluding hydrogens is 370 g/mol. The molecule has 8 nitrogen and oxygen atoms in total. The molecule has 0 aromatic carbocycles. The number of sulfone groups is 1. The minimum atomic E-state index is -3.48. The summed E-state index contributed by atoms with van der Waals surface area (Å²) >= 11 is 0. The van der Waals surface area contributed by atoms with E-state index in [9.17, 15) is 13.2 Å². The number of imidazole rings is 1. The van der Waals surface area contributed by atoms with Crippen LogP contribution in [-0.4, -0.2) is 68.0 Å². The Bertz CT molecular complexity index is 729. The van der Waals surface area contributed by atoms with E-state index in [1.54, 1.807) is 17.9 Å². The van der Waals surface area contributed by atoms with Crippen molar-refractivity contribution in [1.29, 1.82) is 0 Å². The highest BCUT2D eigenvalue weighted by Gasteiger charge is 2.33. The van der Waals surface area contributed by atoms with E-state index in [4.69, 9.17) is 9.47 Å². The Labute approximate surface area is 161 Å². The number of hydrogen-bond donors (Lipinski definition) is 0. The monoisotopic (exact) mass is 401 g/mol. The molecule has 1 aliphatic rings. The van der Waals surface area contributed by atoms with Crippen molar-refractivity contribution in [3.63, 3.8) is 0 Å². The SMILES string of the molecule is COCCn1c(CN2CCC[C@H]2C(=O)OC)cnc1S(=O)(=O)CCC(C)C. The van der Waals surface area contributed by atoms with Gasteiger partial charge < -0.3 is 14.0 Å². The zero-order chi connectivity index (χ0) is 20.0. The summed E-state index contributed by atoms with van der Waals surface area (Å²) in [6.45, 7) is 6.01. The summed E-state index contributed by atoms with van der Waals surface area (Å²) in [5, 5.41) is 0.0871. The Balaban J connectivity index is 2.26. The van der Waals surface area contributed by atoms with Gasteiger partial charge in [0, 0.05) is 20.2 Å². The fourth-order valence-electron chi connectivity index (χ4n) is 3.30. The largest absolute Gasteiger partial charge is 0.468 e. The summed E-state index contributed by atoms with van der Waals surface area (Å²) in [7, 11) is -0.507. The summed E-state index contributed by atoms with van der Waals surface area (Å²) in [5.41, 5.74) is 0.769. The number of methoxy groups -OCH3 is 2. The van der Waals surface area contributed by atoms with Gasteiger partial charge in [0.1, 0.15) is 6.04 Å². The van der Waals surface area contributed by atoms with Gasteiger partial charge in [0.05, 0.1) is 31.4 Å². The van der Waals surface area contributed by atoms with Crippen LogP contribution >= 0.6 is 0 Å². The second-order valence-corrected chi connectivity index (χ2v) is 9.33. The number of nitrogens with zero attached hydrogens (tertiary/aromatic N) is 3. The molecule has 27 heavy (non-hydrogen) atoms. The lowest BCUT2D eigenvalue weighted by Crippen LogP contribution is -2.37. The van der Waals surface area contributed by atoms with E-state index < -0.39 is 9.84 Å². The molecule has 0 saturated carbocycles. The lowest BCUT2D eigenvalue weighted by Gasteiger charge is -2.23. The molecule has 0 amide bonds. The van der Waals surface area contributed by atoms with E-state index >= 15 is 0 Å². The van der Waals surface area contributed by atoms with Crippen LogP contribution in [0.25, 0.3) is 0 Å². The Morgan fingerprint density at radius 2 is 2.11 bits per heavy atom. The normalized spacial score (nSPS) is 18.3. The number of esters is 1. The third-order valence-corrected chi connectivity index (χ3v) is 6.52. The zero-order valence-electron chi connectivity index (χ0n) is 16.7. The van der Waals surface area contributed by atoms with Crippen LogP contribution in [0.15, 0.2) is 11.4 Å². The third kappa shape index (κ3) is 5.52. The van der Waals surface area contributed by atoms with Gasteiger partial charge in [-0.1, -0.05) is 13.8 Å². The standard InChI is InChI=1S/C18H31N3O5S/c1-14(2)7-11-27(23,24)18-19-12-15(21(18)9-10-25-3)13-20-8-5-6-16(20)17(22)26-4/h12,14,16H,5-11,13H2,1-4H3/t16-/m0/s1. The fraction of sp³-hybridized carbons (Fsp3) is 0.778. The van der Waals surface area contributed by atoms with E-state index in [2.05, 4.69) is 4.98 Å². The van der Waals surface area contributed by atoms with Gasteiger partial charge in [0.15, 0.2) is 0 Å². The smallest absolute Gasteiger partial charge is 0.323 e. The van der Waals surface area contributed by atoms with Gasteiger partial charge in [0.25, 0.3) is 0 Å². The highest BCUT2D eigenvalue weighted by atomic mass is 32.2. The first-order valence-electron chi connectivity index (χ1n) is 9.38. The van der Waals surface area contributed by atoms with Crippen LogP contribution in [0.4, 0.5) is 0 Å². The minimum Gasteiger partial charge on any atom is -0.468 e. The van der Waals surface area contributed by atoms with Gasteiger partial charge in [-0.15, -0.1) is 0 Å². The van der Waals surface area contributed by atoms with Crippen LogP contribution in [-0.2, 0) is 37.2 Å². The van der Waals surface area contributed by atoms with Crippen molar-refractivity contribution in [2.75, 3.05) is 33.1 Å². The average Bonchev–Trinajstić information content (AvgIpc) is 3.25. The van der Waals surface area contributed by atoms with Crippen molar-refractivity contribution in [2.24, 2.45) is 5.92 Å². The first-order valence-corrected chi connectivity index (χ1v) is 11.0. The molecule has 1 fully saturated rings. The number of aromatic nitrogens is 2. The summed E-state index contributed by atoms with van der Waals surface area (Å²) in [4.78, 5) is 18.2. The average molecular weight is 402 g/mol. The molecule has 0 unspecified atom stereocenters. The number of carbonyl (C=O) groups excluding carboxylic acids is 1. The summed E-state index contributed by atoms with van der Waals surface area (Å²) in [5.74, 6) is 0.120. The van der Waals surface area contributed by atoms with E-state index in [1.807, 2.05) is 18.7 Å². The van der Waals surface area contributed by atoms with E-state index in [0.29, 0.717) is 32.0 Å². The molecule has 1 atom stereocenters. The molecule has 2 heterocycles. The number of likely N-dealkylation sites (tertiary alicyclic amines) is 1. The molecule has 0 N–H and O–H groups in total. The van der Waals surface area contributed by atoms with E-state index in [-0.39, 0.29) is 22.9 Å². The molecule has 0 spiro atoms. The highest BCUT2D eigenvalue weighted by molar-refractivity contribution is 7.91. The first kappa shape index (κ1) is 21.8. The lowest BCUT2D eigenvalue weighted by molar-refractivity contribution is -0.146. The highest BCUT2D eigenvalue weighted by Crippen LogP contribution is 2.23. The molecule has 1 aromatic heterocycles. The van der Waals surface area contributed by atoms with Crippen molar-refractivity contribution in [1.82, 2.24) is 14.5 Å². The summed E-state index contributed by atoms with van der Waals surface area (Å²) in [6.07, 6.45) is 3.85. The minimum absolute atomic E-state index is 0.0720. The van der Waals surface area contributed by atoms with Gasteiger partial charge in [-0.2, -0.15) is 0 Å². The molecule has 0 aliphatic carbocycles. The van der Waals surface area contributed by atoms with Crippen molar-refractivity contribution >= 4 is 15.8 Å². The van der Waals surface area contributed by atoms with Crippen LogP contribution in [0, 0.1) is 5.92 Å². The quantitative estimate of drug-likeness (QED) is 0.549. The molecular formula is C18H31N3O5S. The van der Waals surface area contributed by atoms with E-state index in [0.717, 1.165) is 25.1 Å². The van der Waals surface area contributed by atoms with Crippen LogP contribution in [0.2, 0.25) is 0 Å². The number of ether oxygens (including phenoxy) is 2. The molecule has 0 radical (unpaired) electrons. The van der Waals surface area contributed by atoms with Gasteiger partial charge in [-0.25, -0.2) is 13.4 Å². The van der Waals surface area contributed by atoms with Crippen molar-refractivity contribution in [3.05, 3.63) is 11.9 Å². The van der Waals surface area contributed by atoms with Crippen molar-refractivity contribution in [3.8, 4) is 0 Å². The Kier molecular flexibility index (Phi) is 7.81. The molecule has 9 heteroatoms. The topological polar surface area (TPSA) is 90.7 Å². The molecule has 1 saturated heterocycles. The second kappa shape index (κ2) is 9.66. The van der Waals surface area contributed by atoms with Gasteiger partial charge in [-0.05, 0) is 31.7 Å². The predicted octanol–water partition coefficient (Wildman–Crippen LogP) is 1.49. The predicted molar refractivity (Wildman–Crippen MR) is 101 cm³/mol.